The number of non-ortho nitro benzene ring substituents is 1. The Bertz CT molecular complexity index is 943. The molecule has 2 aromatic rings. The fourth-order valence-corrected chi connectivity index (χ4v) is 2.32. The van der Waals surface area contributed by atoms with E-state index in [1.54, 1.807) is 19.3 Å². The Labute approximate surface area is 149 Å². The maximum atomic E-state index is 11.9. The van der Waals surface area contributed by atoms with Crippen LogP contribution >= 0.6 is 0 Å². The van der Waals surface area contributed by atoms with Gasteiger partial charge >= 0.3 is 5.97 Å². The van der Waals surface area contributed by atoms with E-state index in [1.165, 1.54) is 30.3 Å². The molecule has 0 saturated heterocycles. The molecule has 0 N–H and O–H groups in total. The molecule has 0 radical (unpaired) electrons. The van der Waals surface area contributed by atoms with Crippen molar-refractivity contribution in [2.45, 2.75) is 0 Å². The highest BCUT2D eigenvalue weighted by Crippen LogP contribution is 2.21. The van der Waals surface area contributed by atoms with Crippen LogP contribution in [-0.2, 0) is 9.53 Å². The van der Waals surface area contributed by atoms with Gasteiger partial charge in [-0.15, -0.1) is 0 Å². The predicted molar refractivity (Wildman–Crippen MR) is 95.8 cm³/mol. The molecule has 0 fully saturated rings. The summed E-state index contributed by atoms with van der Waals surface area (Å²) in [6.07, 6.45) is 5.00. The molecule has 0 atom stereocenters. The van der Waals surface area contributed by atoms with Crippen LogP contribution < -0.4 is 4.74 Å². The summed E-state index contributed by atoms with van der Waals surface area (Å²) >= 11 is 0. The summed E-state index contributed by atoms with van der Waals surface area (Å²) in [6.45, 7) is 0. The number of carbonyl (C=O) groups is 1. The van der Waals surface area contributed by atoms with Crippen molar-refractivity contribution in [3.05, 3.63) is 87.6 Å². The summed E-state index contributed by atoms with van der Waals surface area (Å²) in [5.41, 5.74) is 1.44. The fraction of sp³-hybridized carbons (Fsp3) is 0.0526. The van der Waals surface area contributed by atoms with E-state index < -0.39 is 10.9 Å². The van der Waals surface area contributed by atoms with Gasteiger partial charge in [0.05, 0.1) is 12.0 Å². The average molecular weight is 350 g/mol. The van der Waals surface area contributed by atoms with Crippen molar-refractivity contribution in [3.63, 3.8) is 0 Å². The second-order valence-corrected chi connectivity index (χ2v) is 5.26. The van der Waals surface area contributed by atoms with Crippen LogP contribution in [0.5, 0.6) is 5.75 Å². The van der Waals surface area contributed by atoms with Gasteiger partial charge in [0.2, 0.25) is 5.90 Å². The summed E-state index contributed by atoms with van der Waals surface area (Å²) in [6, 6.07) is 13.1. The first kappa shape index (κ1) is 17.1. The second-order valence-electron chi connectivity index (χ2n) is 5.26. The quantitative estimate of drug-likeness (QED) is 0.356. The first-order chi connectivity index (χ1) is 12.6. The van der Waals surface area contributed by atoms with E-state index in [-0.39, 0.29) is 17.3 Å². The van der Waals surface area contributed by atoms with Gasteiger partial charge in [0, 0.05) is 23.3 Å². The molecular formula is C19H14N2O5. The van der Waals surface area contributed by atoms with Crippen LogP contribution in [0.4, 0.5) is 5.69 Å². The number of cyclic esters (lactones) is 1. The van der Waals surface area contributed by atoms with Crippen molar-refractivity contribution in [2.24, 2.45) is 4.99 Å². The van der Waals surface area contributed by atoms with Crippen LogP contribution in [0.15, 0.2) is 71.4 Å². The van der Waals surface area contributed by atoms with Crippen molar-refractivity contribution in [1.82, 2.24) is 0 Å². The first-order valence-electron chi connectivity index (χ1n) is 7.65. The van der Waals surface area contributed by atoms with E-state index in [0.717, 1.165) is 5.56 Å². The Balaban J connectivity index is 1.80. The number of nitro groups is 1. The van der Waals surface area contributed by atoms with E-state index in [4.69, 9.17) is 9.47 Å². The molecule has 26 heavy (non-hydrogen) atoms. The van der Waals surface area contributed by atoms with Crippen LogP contribution in [0.3, 0.4) is 0 Å². The molecule has 3 rings (SSSR count). The summed E-state index contributed by atoms with van der Waals surface area (Å²) < 4.78 is 10.4. The van der Waals surface area contributed by atoms with Gasteiger partial charge in [0.25, 0.3) is 5.69 Å². The molecule has 0 spiro atoms. The number of nitro benzene ring substituents is 1. The van der Waals surface area contributed by atoms with Gasteiger partial charge in [-0.1, -0.05) is 30.4 Å². The number of hydrogen-bond donors (Lipinski definition) is 0. The number of ether oxygens (including phenoxy) is 2. The van der Waals surface area contributed by atoms with Crippen molar-refractivity contribution >= 4 is 23.6 Å². The molecule has 0 amide bonds. The van der Waals surface area contributed by atoms with E-state index >= 15 is 0 Å². The molecule has 0 saturated carbocycles. The summed E-state index contributed by atoms with van der Waals surface area (Å²) in [5, 5.41) is 10.7. The SMILES string of the molecule is COc1ccccc1C=CC=C1N=C(c2ccc([N+](=O)[O-])cc2)OC1=O. The zero-order valence-corrected chi connectivity index (χ0v) is 13.8. The number of para-hydroxylation sites is 1. The van der Waals surface area contributed by atoms with Gasteiger partial charge in [-0.05, 0) is 24.3 Å². The van der Waals surface area contributed by atoms with Gasteiger partial charge in [0.1, 0.15) is 5.75 Å². The molecule has 1 aliphatic rings. The fourth-order valence-electron chi connectivity index (χ4n) is 2.32. The van der Waals surface area contributed by atoms with Crippen LogP contribution in [0.2, 0.25) is 0 Å². The Hall–Kier alpha value is -3.74. The summed E-state index contributed by atoms with van der Waals surface area (Å²) in [5.74, 6) is 0.246. The van der Waals surface area contributed by atoms with E-state index in [9.17, 15) is 14.9 Å². The van der Waals surface area contributed by atoms with E-state index in [1.807, 2.05) is 24.3 Å². The van der Waals surface area contributed by atoms with Gasteiger partial charge in [-0.25, -0.2) is 9.79 Å². The topological polar surface area (TPSA) is 91.0 Å². The molecule has 1 heterocycles. The molecule has 0 aromatic heterocycles. The first-order valence-corrected chi connectivity index (χ1v) is 7.65. The predicted octanol–water partition coefficient (Wildman–Crippen LogP) is 3.50. The van der Waals surface area contributed by atoms with Crippen molar-refractivity contribution < 1.29 is 19.2 Å². The molecule has 7 heteroatoms. The third-order valence-electron chi connectivity index (χ3n) is 3.61. The lowest BCUT2D eigenvalue weighted by molar-refractivity contribution is -0.384. The van der Waals surface area contributed by atoms with Gasteiger partial charge in [-0.3, -0.25) is 10.1 Å². The number of aliphatic imine (C=N–C) groups is 1. The lowest BCUT2D eigenvalue weighted by Gasteiger charge is -2.02. The number of esters is 1. The number of nitrogens with zero attached hydrogens (tertiary/aromatic N) is 2. The minimum absolute atomic E-state index is 0.0471. The number of allylic oxidation sites excluding steroid dienone is 2. The van der Waals surface area contributed by atoms with Crippen LogP contribution in [0, 0.1) is 10.1 Å². The minimum atomic E-state index is -0.581. The molecule has 0 aliphatic carbocycles. The zero-order valence-electron chi connectivity index (χ0n) is 13.8. The Morgan fingerprint density at radius 2 is 1.88 bits per heavy atom. The smallest absolute Gasteiger partial charge is 0.363 e. The maximum absolute atomic E-state index is 11.9. The third-order valence-corrected chi connectivity index (χ3v) is 3.61. The maximum Gasteiger partial charge on any atom is 0.363 e. The molecule has 2 aromatic carbocycles. The third kappa shape index (κ3) is 3.67. The summed E-state index contributed by atoms with van der Waals surface area (Å²) in [7, 11) is 1.58. The van der Waals surface area contributed by atoms with Crippen molar-refractivity contribution in [3.8, 4) is 5.75 Å². The van der Waals surface area contributed by atoms with Gasteiger partial charge < -0.3 is 9.47 Å². The lowest BCUT2D eigenvalue weighted by Crippen LogP contribution is -2.05. The molecule has 1 aliphatic heterocycles. The van der Waals surface area contributed by atoms with Crippen molar-refractivity contribution in [2.75, 3.05) is 7.11 Å². The number of rotatable bonds is 5. The monoisotopic (exact) mass is 350 g/mol. The average Bonchev–Trinajstić information content (AvgIpc) is 3.03. The largest absolute Gasteiger partial charge is 0.496 e. The minimum Gasteiger partial charge on any atom is -0.496 e. The number of carbonyl (C=O) groups excluding carboxylic acids is 1. The molecule has 7 nitrogen and oxygen atoms in total. The molecule has 0 unspecified atom stereocenters. The van der Waals surface area contributed by atoms with Gasteiger partial charge in [0.15, 0.2) is 5.70 Å². The molecular weight excluding hydrogens is 336 g/mol. The standard InChI is InChI=1S/C19H14N2O5/c1-25-17-8-3-2-5-13(17)6-4-7-16-19(22)26-18(20-16)14-9-11-15(12-10-14)21(23)24/h2-12H,1H3. The number of benzene rings is 2. The van der Waals surface area contributed by atoms with Crippen LogP contribution in [-0.4, -0.2) is 23.9 Å². The normalized spacial score (nSPS) is 15.2. The molecule has 0 bridgehead atoms. The van der Waals surface area contributed by atoms with Crippen molar-refractivity contribution in [1.29, 1.82) is 0 Å². The highest BCUT2D eigenvalue weighted by Gasteiger charge is 2.23. The summed E-state index contributed by atoms with van der Waals surface area (Å²) in [4.78, 5) is 26.3. The number of hydrogen-bond acceptors (Lipinski definition) is 6. The highest BCUT2D eigenvalue weighted by molar-refractivity contribution is 6.11. The van der Waals surface area contributed by atoms with Crippen LogP contribution in [0.1, 0.15) is 11.1 Å². The Morgan fingerprint density at radius 1 is 1.15 bits per heavy atom. The van der Waals surface area contributed by atoms with E-state index in [0.29, 0.717) is 11.3 Å². The highest BCUT2D eigenvalue weighted by atomic mass is 16.6. The van der Waals surface area contributed by atoms with Crippen LogP contribution in [0.25, 0.3) is 6.08 Å². The number of methoxy groups -OCH3 is 1. The van der Waals surface area contributed by atoms with Gasteiger partial charge in [-0.2, -0.15) is 0 Å². The molecule has 130 valence electrons. The lowest BCUT2D eigenvalue weighted by atomic mass is 10.2. The Kier molecular flexibility index (Phi) is 4.89. The van der Waals surface area contributed by atoms with E-state index in [2.05, 4.69) is 4.99 Å². The zero-order chi connectivity index (χ0) is 18.5. The Morgan fingerprint density at radius 3 is 2.58 bits per heavy atom. The second kappa shape index (κ2) is 7.43.